The molecule has 1 aromatic rings. The second-order valence-electron chi connectivity index (χ2n) is 14.0. The Hall–Kier alpha value is -2.92. The molecule has 4 fully saturated rings. The molecule has 3 saturated heterocycles. The number of non-ortho nitro benzene ring substituents is 1. The fourth-order valence-corrected chi connectivity index (χ4v) is 7.27. The number of carboxylic acid groups (broad SMARTS) is 1. The maximum atomic E-state index is 13.0. The fourth-order valence-electron chi connectivity index (χ4n) is 7.27. The first-order valence-electron chi connectivity index (χ1n) is 17.9. The van der Waals surface area contributed by atoms with Gasteiger partial charge in [0.25, 0.3) is 11.6 Å². The van der Waals surface area contributed by atoms with Gasteiger partial charge in [-0.05, 0) is 37.8 Å². The van der Waals surface area contributed by atoms with Gasteiger partial charge >= 0.3 is 5.97 Å². The molecular weight excluding hydrogens is 708 g/mol. The summed E-state index contributed by atoms with van der Waals surface area (Å²) in [6.45, 7) is 0.503. The average molecular weight is 759 g/mol. The first-order valence-corrected chi connectivity index (χ1v) is 17.9. The molecule has 1 amide bonds. The summed E-state index contributed by atoms with van der Waals surface area (Å²) in [5, 5.41) is 87.6. The van der Waals surface area contributed by atoms with E-state index in [0.29, 0.717) is 0 Å². The summed E-state index contributed by atoms with van der Waals surface area (Å²) in [5.41, 5.74) is -0.105. The van der Waals surface area contributed by atoms with E-state index < -0.39 is 109 Å². The minimum Gasteiger partial charge on any atom is -0.479 e. The number of carbonyl (C=O) groups excluding carboxylic acids is 1. The number of aliphatic hydroxyl groups is 6. The number of aliphatic carboxylic acids is 1. The Morgan fingerprint density at radius 3 is 2.21 bits per heavy atom. The molecule has 3 unspecified atom stereocenters. The molecule has 19 heteroatoms. The summed E-state index contributed by atoms with van der Waals surface area (Å²) in [5.74, 6) is -1.81. The van der Waals surface area contributed by atoms with Crippen molar-refractivity contribution >= 4 is 17.6 Å². The van der Waals surface area contributed by atoms with Gasteiger partial charge < -0.3 is 69.5 Å². The minimum atomic E-state index is -1.77. The van der Waals surface area contributed by atoms with Crippen molar-refractivity contribution in [1.82, 2.24) is 5.32 Å². The van der Waals surface area contributed by atoms with E-state index in [1.807, 2.05) is 0 Å². The van der Waals surface area contributed by atoms with Gasteiger partial charge in [0.15, 0.2) is 18.7 Å². The number of hydrogen-bond donors (Lipinski definition) is 8. The number of nitrogens with one attached hydrogen (secondary N) is 1. The van der Waals surface area contributed by atoms with E-state index in [2.05, 4.69) is 5.32 Å². The van der Waals surface area contributed by atoms with Gasteiger partial charge in [-0.3, -0.25) is 14.9 Å². The Labute approximate surface area is 304 Å². The molecule has 0 bridgehead atoms. The monoisotopic (exact) mass is 758 g/mol. The summed E-state index contributed by atoms with van der Waals surface area (Å²) in [6.07, 6.45) is -15.1. The molecule has 0 radical (unpaired) electrons. The second kappa shape index (κ2) is 18.6. The largest absolute Gasteiger partial charge is 0.479 e. The fraction of sp³-hybridized carbons (Fsp3) is 0.765. The van der Waals surface area contributed by atoms with E-state index in [4.69, 9.17) is 28.4 Å². The predicted molar refractivity (Wildman–Crippen MR) is 177 cm³/mol. The first-order chi connectivity index (χ1) is 25.3. The second-order valence-corrected chi connectivity index (χ2v) is 14.0. The van der Waals surface area contributed by atoms with Crippen molar-refractivity contribution in [1.29, 1.82) is 0 Å². The van der Waals surface area contributed by atoms with Crippen molar-refractivity contribution in [3.63, 3.8) is 0 Å². The van der Waals surface area contributed by atoms with Gasteiger partial charge in [-0.25, -0.2) is 4.79 Å². The van der Waals surface area contributed by atoms with Crippen LogP contribution in [0, 0.1) is 16.0 Å². The lowest BCUT2D eigenvalue weighted by Gasteiger charge is -2.47. The summed E-state index contributed by atoms with van der Waals surface area (Å²) in [4.78, 5) is 35.7. The molecule has 0 aromatic heterocycles. The van der Waals surface area contributed by atoms with Gasteiger partial charge in [0, 0.05) is 30.8 Å². The Morgan fingerprint density at radius 1 is 0.887 bits per heavy atom. The number of amides is 1. The van der Waals surface area contributed by atoms with Gasteiger partial charge in [-0.1, -0.05) is 32.1 Å². The van der Waals surface area contributed by atoms with Crippen LogP contribution < -0.4 is 5.32 Å². The molecule has 298 valence electrons. The van der Waals surface area contributed by atoms with E-state index >= 15 is 0 Å². The van der Waals surface area contributed by atoms with Crippen molar-refractivity contribution in [3.8, 4) is 0 Å². The molecule has 5 rings (SSSR count). The smallest absolute Gasteiger partial charge is 0.332 e. The lowest BCUT2D eigenvalue weighted by Crippen LogP contribution is -2.64. The first kappa shape index (κ1) is 41.2. The lowest BCUT2D eigenvalue weighted by molar-refractivity contribution is -0.384. The zero-order valence-corrected chi connectivity index (χ0v) is 29.2. The number of carbonyl (C=O) groups is 2. The molecule has 53 heavy (non-hydrogen) atoms. The molecule has 14 atom stereocenters. The van der Waals surface area contributed by atoms with Crippen molar-refractivity contribution in [2.24, 2.45) is 5.92 Å². The summed E-state index contributed by atoms with van der Waals surface area (Å²) in [6, 6.07) is 4.88. The molecular formula is C34H50N2O17. The van der Waals surface area contributed by atoms with Gasteiger partial charge in [-0.15, -0.1) is 0 Å². The van der Waals surface area contributed by atoms with Crippen LogP contribution >= 0.6 is 0 Å². The Morgan fingerprint density at radius 2 is 1.57 bits per heavy atom. The van der Waals surface area contributed by atoms with Gasteiger partial charge in [0.2, 0.25) is 0 Å². The van der Waals surface area contributed by atoms with E-state index in [1.54, 1.807) is 0 Å². The van der Waals surface area contributed by atoms with E-state index in [9.17, 15) is 55.4 Å². The van der Waals surface area contributed by atoms with E-state index in [1.165, 1.54) is 31.2 Å². The van der Waals surface area contributed by atoms with Crippen LogP contribution in [0.15, 0.2) is 24.3 Å². The molecule has 1 saturated carbocycles. The highest BCUT2D eigenvalue weighted by atomic mass is 16.7. The minimum absolute atomic E-state index is 0.0195. The van der Waals surface area contributed by atoms with E-state index in [0.717, 1.165) is 32.1 Å². The van der Waals surface area contributed by atoms with Crippen LogP contribution in [-0.2, 0) is 33.2 Å². The molecule has 4 aliphatic rings. The zero-order chi connectivity index (χ0) is 38.4. The molecule has 1 aliphatic carbocycles. The number of hydrogen-bond acceptors (Lipinski definition) is 16. The number of aliphatic hydroxyl groups excluding tert-OH is 6. The maximum absolute atomic E-state index is 13.0. The Bertz CT molecular complexity index is 1360. The number of nitro benzene ring substituents is 1. The summed E-state index contributed by atoms with van der Waals surface area (Å²) in [7, 11) is 0. The number of nitro groups is 1. The average Bonchev–Trinajstić information content (AvgIpc) is 3.15. The number of ether oxygens (including phenoxy) is 6. The number of nitrogens with zero attached hydrogens (tertiary/aromatic N) is 1. The topological polar surface area (TPSA) is 286 Å². The molecule has 8 N–H and O–H groups in total. The maximum Gasteiger partial charge on any atom is 0.332 e. The third kappa shape index (κ3) is 10.0. The van der Waals surface area contributed by atoms with Gasteiger partial charge in [0.1, 0.15) is 54.9 Å². The van der Waals surface area contributed by atoms with Gasteiger partial charge in [-0.2, -0.15) is 0 Å². The molecule has 19 nitrogen and oxygen atoms in total. The van der Waals surface area contributed by atoms with Gasteiger partial charge in [0.05, 0.1) is 23.7 Å². The zero-order valence-electron chi connectivity index (χ0n) is 29.2. The summed E-state index contributed by atoms with van der Waals surface area (Å²) < 4.78 is 35.5. The highest BCUT2D eigenvalue weighted by molar-refractivity contribution is 5.94. The van der Waals surface area contributed by atoms with Crippen LogP contribution in [0.1, 0.15) is 62.2 Å². The highest BCUT2D eigenvalue weighted by Crippen LogP contribution is 2.34. The van der Waals surface area contributed by atoms with Crippen LogP contribution in [0.5, 0.6) is 0 Å². The number of rotatable bonds is 14. The van der Waals surface area contributed by atoms with Crippen molar-refractivity contribution in [3.05, 3.63) is 39.9 Å². The number of benzene rings is 1. The van der Waals surface area contributed by atoms with Crippen molar-refractivity contribution in [2.75, 3.05) is 19.8 Å². The highest BCUT2D eigenvalue weighted by Gasteiger charge is 2.51. The van der Waals surface area contributed by atoms with Crippen LogP contribution in [0.25, 0.3) is 0 Å². The van der Waals surface area contributed by atoms with Crippen LogP contribution in [-0.4, -0.2) is 158 Å². The third-order valence-corrected chi connectivity index (χ3v) is 10.4. The Balaban J connectivity index is 1.34. The van der Waals surface area contributed by atoms with E-state index in [-0.39, 0.29) is 43.2 Å². The molecule has 3 aliphatic heterocycles. The normalized spacial score (nSPS) is 37.5. The molecule has 1 aromatic carbocycles. The third-order valence-electron chi connectivity index (χ3n) is 10.4. The quantitative estimate of drug-likeness (QED) is 0.0830. The summed E-state index contributed by atoms with van der Waals surface area (Å²) >= 11 is 0. The predicted octanol–water partition coefficient (Wildman–Crippen LogP) is -1.04. The Kier molecular flexibility index (Phi) is 14.5. The lowest BCUT2D eigenvalue weighted by atomic mass is 9.85. The SMILES string of the molecule is C[C@@H]1OC(OC2[C@@H](CNC(=O)c3ccc([N+](=O)[O-])cc3)OCC[C@H]2O[C@@H]2O[C@H](CO)[C@H](O)[C@H](OC(CC3CCCCC3)C(=O)O)[C@H]2O)[C@@H](O)[C@H](O)[C@@H]1O. The molecule has 3 heterocycles. The van der Waals surface area contributed by atoms with Crippen molar-refractivity contribution in [2.45, 2.75) is 138 Å². The van der Waals surface area contributed by atoms with Crippen LogP contribution in [0.4, 0.5) is 5.69 Å². The van der Waals surface area contributed by atoms with Crippen molar-refractivity contribution < 1.29 is 78.7 Å². The van der Waals surface area contributed by atoms with Crippen LogP contribution in [0.3, 0.4) is 0 Å². The standard InChI is InChI=1S/C34H50N2O17/c1-16-24(38)26(40)27(41)33(49-16)53-29-20(11-12-48-22(29)14-35-31(43)18-7-9-19(10-8-18)36(46)47)51-34-28(42)30(25(39)23(15-37)52-34)50-21(32(44)45)13-17-5-3-2-4-6-17/h7-10,16-17,20-30,33-34,37-42H,2-6,11-15H2,1H3,(H,35,43)(H,44,45)/t16-,20+,21?,22+,23+,24+,25-,26+,27-,28+,29?,30-,33?,34+/m0/s1. The molecule has 0 spiro atoms. The van der Waals surface area contributed by atoms with Crippen LogP contribution in [0.2, 0.25) is 0 Å². The number of carboxylic acids is 1.